The molecule has 0 aliphatic carbocycles. The van der Waals surface area contributed by atoms with Crippen molar-refractivity contribution in [3.05, 3.63) is 63.5 Å². The van der Waals surface area contributed by atoms with E-state index in [1.165, 1.54) is 10.1 Å². The van der Waals surface area contributed by atoms with Crippen LogP contribution in [0, 0.1) is 0 Å². The quantitative estimate of drug-likeness (QED) is 0.595. The van der Waals surface area contributed by atoms with Gasteiger partial charge in [-0.1, -0.05) is 41.4 Å². The van der Waals surface area contributed by atoms with Gasteiger partial charge in [-0.2, -0.15) is 0 Å². The topological polar surface area (TPSA) is 9.23 Å². The summed E-state index contributed by atoms with van der Waals surface area (Å²) in [6.07, 6.45) is 0. The number of rotatable bonds is 3. The van der Waals surface area contributed by atoms with E-state index in [1.54, 1.807) is 29.5 Å². The first kappa shape index (κ1) is 12.8. The third kappa shape index (κ3) is 2.71. The predicted octanol–water partition coefficient (Wildman–Crippen LogP) is 5.79. The van der Waals surface area contributed by atoms with Crippen LogP contribution in [-0.2, 0) is 6.61 Å². The third-order valence-corrected chi connectivity index (χ3v) is 4.40. The van der Waals surface area contributed by atoms with Gasteiger partial charge in [0.05, 0.1) is 5.02 Å². The first-order valence-electron chi connectivity index (χ1n) is 5.77. The van der Waals surface area contributed by atoms with Crippen molar-refractivity contribution in [2.24, 2.45) is 0 Å². The molecule has 0 radical (unpaired) electrons. The second kappa shape index (κ2) is 5.41. The fourth-order valence-electron chi connectivity index (χ4n) is 1.89. The molecule has 0 saturated heterocycles. The van der Waals surface area contributed by atoms with Crippen molar-refractivity contribution in [2.75, 3.05) is 0 Å². The van der Waals surface area contributed by atoms with Gasteiger partial charge in [-0.25, -0.2) is 0 Å². The molecule has 0 unspecified atom stereocenters. The molecule has 0 spiro atoms. The van der Waals surface area contributed by atoms with Crippen molar-refractivity contribution in [3.8, 4) is 5.75 Å². The van der Waals surface area contributed by atoms with Gasteiger partial charge in [0.2, 0.25) is 0 Å². The van der Waals surface area contributed by atoms with E-state index in [9.17, 15) is 0 Å². The summed E-state index contributed by atoms with van der Waals surface area (Å²) >= 11 is 13.7. The number of hydrogen-bond donors (Lipinski definition) is 0. The highest BCUT2D eigenvalue weighted by Crippen LogP contribution is 2.30. The largest absolute Gasteiger partial charge is 0.487 e. The van der Waals surface area contributed by atoms with Crippen LogP contribution in [0.25, 0.3) is 10.1 Å². The highest BCUT2D eigenvalue weighted by Gasteiger charge is 2.06. The smallest absolute Gasteiger partial charge is 0.139 e. The zero-order valence-corrected chi connectivity index (χ0v) is 12.2. The van der Waals surface area contributed by atoms with Gasteiger partial charge in [-0.05, 0) is 29.0 Å². The second-order valence-electron chi connectivity index (χ2n) is 4.12. The third-order valence-electron chi connectivity index (χ3n) is 2.84. The Labute approximate surface area is 125 Å². The predicted molar refractivity (Wildman–Crippen MR) is 82.6 cm³/mol. The van der Waals surface area contributed by atoms with Crippen LogP contribution in [0.4, 0.5) is 0 Å². The van der Waals surface area contributed by atoms with Gasteiger partial charge >= 0.3 is 0 Å². The molecular formula is C15H10Cl2OS. The van der Waals surface area contributed by atoms with E-state index in [2.05, 4.69) is 17.5 Å². The van der Waals surface area contributed by atoms with Gasteiger partial charge in [0.1, 0.15) is 12.4 Å². The number of benzene rings is 2. The monoisotopic (exact) mass is 308 g/mol. The van der Waals surface area contributed by atoms with Crippen LogP contribution in [0.5, 0.6) is 5.75 Å². The maximum Gasteiger partial charge on any atom is 0.139 e. The number of ether oxygens (including phenoxy) is 1. The Hall–Kier alpha value is -1.22. The number of hydrogen-bond acceptors (Lipinski definition) is 2. The Bertz CT molecular complexity index is 721. The number of halogens is 2. The summed E-state index contributed by atoms with van der Waals surface area (Å²) < 4.78 is 7.02. The Morgan fingerprint density at radius 1 is 1.05 bits per heavy atom. The lowest BCUT2D eigenvalue weighted by Gasteiger charge is -2.07. The molecule has 0 saturated carbocycles. The fourth-order valence-corrected chi connectivity index (χ4v) is 3.17. The zero-order valence-electron chi connectivity index (χ0n) is 9.90. The molecule has 0 bridgehead atoms. The maximum absolute atomic E-state index is 6.07. The van der Waals surface area contributed by atoms with E-state index in [0.717, 1.165) is 5.56 Å². The van der Waals surface area contributed by atoms with Crippen molar-refractivity contribution in [3.63, 3.8) is 0 Å². The summed E-state index contributed by atoms with van der Waals surface area (Å²) in [5, 5.41) is 4.53. The van der Waals surface area contributed by atoms with Crippen LogP contribution in [-0.4, -0.2) is 0 Å². The minimum atomic E-state index is 0.490. The molecule has 0 aliphatic heterocycles. The Morgan fingerprint density at radius 2 is 1.89 bits per heavy atom. The van der Waals surface area contributed by atoms with E-state index < -0.39 is 0 Å². The van der Waals surface area contributed by atoms with Crippen LogP contribution >= 0.6 is 34.5 Å². The fraction of sp³-hybridized carbons (Fsp3) is 0.0667. The lowest BCUT2D eigenvalue weighted by molar-refractivity contribution is 0.308. The van der Waals surface area contributed by atoms with Crippen molar-refractivity contribution in [2.45, 2.75) is 6.61 Å². The van der Waals surface area contributed by atoms with Crippen molar-refractivity contribution in [1.82, 2.24) is 0 Å². The number of fused-ring (bicyclic) bond motifs is 1. The molecule has 4 heteroatoms. The average molecular weight is 309 g/mol. The van der Waals surface area contributed by atoms with E-state index >= 15 is 0 Å². The van der Waals surface area contributed by atoms with Crippen molar-refractivity contribution < 1.29 is 4.74 Å². The maximum atomic E-state index is 6.07. The molecule has 19 heavy (non-hydrogen) atoms. The molecule has 1 heterocycles. The summed E-state index contributed by atoms with van der Waals surface area (Å²) in [5.74, 6) is 0.615. The molecule has 1 aromatic heterocycles. The van der Waals surface area contributed by atoms with E-state index in [0.29, 0.717) is 22.4 Å². The highest BCUT2D eigenvalue weighted by molar-refractivity contribution is 7.17. The van der Waals surface area contributed by atoms with Crippen molar-refractivity contribution in [1.29, 1.82) is 0 Å². The molecule has 0 atom stereocenters. The molecule has 0 fully saturated rings. The SMILES string of the molecule is Clc1ccc(Cl)c(OCc2csc3ccccc23)c1. The van der Waals surface area contributed by atoms with E-state index in [4.69, 9.17) is 27.9 Å². The molecule has 2 aromatic carbocycles. The van der Waals surface area contributed by atoms with E-state index in [1.807, 2.05) is 12.1 Å². The van der Waals surface area contributed by atoms with Gasteiger partial charge in [0.15, 0.2) is 0 Å². The van der Waals surface area contributed by atoms with Crippen molar-refractivity contribution >= 4 is 44.6 Å². The summed E-state index contributed by atoms with van der Waals surface area (Å²) in [7, 11) is 0. The Morgan fingerprint density at radius 3 is 2.79 bits per heavy atom. The summed E-state index contributed by atoms with van der Waals surface area (Å²) in [6.45, 7) is 0.490. The Kier molecular flexibility index (Phi) is 3.65. The minimum Gasteiger partial charge on any atom is -0.487 e. The first-order valence-corrected chi connectivity index (χ1v) is 7.40. The molecule has 1 nitrogen and oxygen atoms in total. The normalized spacial score (nSPS) is 10.8. The standard InChI is InChI=1S/C15H10Cl2OS/c16-11-5-6-13(17)14(7-11)18-8-10-9-19-15-4-2-1-3-12(10)15/h1-7,9H,8H2. The summed E-state index contributed by atoms with van der Waals surface area (Å²) in [5.41, 5.74) is 1.16. The molecule has 3 rings (SSSR count). The molecule has 3 aromatic rings. The molecule has 0 amide bonds. The minimum absolute atomic E-state index is 0.490. The van der Waals surface area contributed by atoms with E-state index in [-0.39, 0.29) is 0 Å². The van der Waals surface area contributed by atoms with Crippen LogP contribution in [0.2, 0.25) is 10.0 Å². The van der Waals surface area contributed by atoms with Gasteiger partial charge in [0.25, 0.3) is 0 Å². The van der Waals surface area contributed by atoms with Gasteiger partial charge in [0, 0.05) is 21.4 Å². The summed E-state index contributed by atoms with van der Waals surface area (Å²) in [4.78, 5) is 0. The molecule has 0 N–H and O–H groups in total. The average Bonchev–Trinajstić information content (AvgIpc) is 2.83. The van der Waals surface area contributed by atoms with Crippen LogP contribution in [0.15, 0.2) is 47.8 Å². The van der Waals surface area contributed by atoms with Gasteiger partial charge < -0.3 is 4.74 Å². The van der Waals surface area contributed by atoms with Crippen LogP contribution in [0.3, 0.4) is 0 Å². The molecule has 0 aliphatic rings. The lowest BCUT2D eigenvalue weighted by Crippen LogP contribution is -1.94. The lowest BCUT2D eigenvalue weighted by atomic mass is 10.2. The van der Waals surface area contributed by atoms with Crippen LogP contribution in [0.1, 0.15) is 5.56 Å². The molecular weight excluding hydrogens is 299 g/mol. The molecule has 96 valence electrons. The summed E-state index contributed by atoms with van der Waals surface area (Å²) in [6, 6.07) is 13.5. The number of thiophene rings is 1. The van der Waals surface area contributed by atoms with Crippen LogP contribution < -0.4 is 4.74 Å². The highest BCUT2D eigenvalue weighted by atomic mass is 35.5. The van der Waals surface area contributed by atoms with Gasteiger partial charge in [-0.15, -0.1) is 11.3 Å². The first-order chi connectivity index (χ1) is 9.24. The second-order valence-corrected chi connectivity index (χ2v) is 5.88. The van der Waals surface area contributed by atoms with Gasteiger partial charge in [-0.3, -0.25) is 0 Å². The zero-order chi connectivity index (χ0) is 13.2. The Balaban J connectivity index is 1.84.